The Hall–Kier alpha value is -3.23. The number of para-hydroxylation sites is 1. The monoisotopic (exact) mass is 463 g/mol. The van der Waals surface area contributed by atoms with Gasteiger partial charge in [0, 0.05) is 61.7 Å². The van der Waals surface area contributed by atoms with Gasteiger partial charge in [-0.1, -0.05) is 30.3 Å². The highest BCUT2D eigenvalue weighted by molar-refractivity contribution is 7.10. The number of anilines is 1. The zero-order valence-corrected chi connectivity index (χ0v) is 19.5. The van der Waals surface area contributed by atoms with Crippen molar-refractivity contribution in [3.63, 3.8) is 0 Å². The minimum atomic E-state index is -0.635. The average Bonchev–Trinajstić information content (AvgIpc) is 3.38. The van der Waals surface area contributed by atoms with Crippen molar-refractivity contribution in [3.05, 3.63) is 82.8 Å². The summed E-state index contributed by atoms with van der Waals surface area (Å²) in [5, 5.41) is 7.66. The number of carbonyl (C=O) groups is 2. The fraction of sp³-hybridized carbons (Fsp3) is 0.320. The van der Waals surface area contributed by atoms with E-state index < -0.39 is 11.8 Å². The van der Waals surface area contributed by atoms with Crippen molar-refractivity contribution in [2.45, 2.75) is 25.6 Å². The Morgan fingerprint density at radius 1 is 1.00 bits per heavy atom. The van der Waals surface area contributed by atoms with Gasteiger partial charge in [0.25, 0.3) is 0 Å². The van der Waals surface area contributed by atoms with Crippen molar-refractivity contribution in [1.82, 2.24) is 20.5 Å². The molecule has 0 radical (unpaired) electrons. The summed E-state index contributed by atoms with van der Waals surface area (Å²) >= 11 is 1.68. The number of rotatable bonds is 7. The molecule has 0 spiro atoms. The van der Waals surface area contributed by atoms with E-state index in [1.165, 1.54) is 10.6 Å². The second-order valence-electron chi connectivity index (χ2n) is 8.12. The molecule has 2 amide bonds. The van der Waals surface area contributed by atoms with Crippen LogP contribution in [0, 0.1) is 0 Å². The first kappa shape index (κ1) is 22.9. The summed E-state index contributed by atoms with van der Waals surface area (Å²) in [6.45, 7) is 5.83. The fourth-order valence-corrected chi connectivity index (χ4v) is 5.18. The largest absolute Gasteiger partial charge is 0.369 e. The van der Waals surface area contributed by atoms with Crippen LogP contribution in [0.1, 0.15) is 23.4 Å². The van der Waals surface area contributed by atoms with Crippen LogP contribution in [0.15, 0.2) is 72.4 Å². The number of nitrogens with zero attached hydrogens (tertiary/aromatic N) is 3. The Labute approximate surface area is 198 Å². The topological polar surface area (TPSA) is 77.6 Å². The maximum atomic E-state index is 12.6. The average molecular weight is 464 g/mol. The lowest BCUT2D eigenvalue weighted by molar-refractivity contribution is -0.140. The molecule has 3 aromatic rings. The van der Waals surface area contributed by atoms with Gasteiger partial charge in [0.15, 0.2) is 0 Å². The van der Waals surface area contributed by atoms with Crippen LogP contribution in [0.3, 0.4) is 0 Å². The lowest BCUT2D eigenvalue weighted by Crippen LogP contribution is -2.53. The summed E-state index contributed by atoms with van der Waals surface area (Å²) in [5.41, 5.74) is 2.08. The predicted molar refractivity (Wildman–Crippen MR) is 131 cm³/mol. The zero-order valence-electron chi connectivity index (χ0n) is 18.7. The number of amides is 2. The van der Waals surface area contributed by atoms with Crippen molar-refractivity contribution < 1.29 is 9.59 Å². The number of hydrogen-bond acceptors (Lipinski definition) is 6. The number of aromatic nitrogens is 1. The molecule has 2 unspecified atom stereocenters. The van der Waals surface area contributed by atoms with Gasteiger partial charge in [-0.05, 0) is 42.1 Å². The number of carbonyl (C=O) groups excluding carboxylic acids is 2. The van der Waals surface area contributed by atoms with Crippen LogP contribution in [-0.4, -0.2) is 53.9 Å². The number of benzene rings is 1. The van der Waals surface area contributed by atoms with E-state index in [0.29, 0.717) is 0 Å². The molecule has 0 bridgehead atoms. The van der Waals surface area contributed by atoms with Crippen LogP contribution in [0.2, 0.25) is 0 Å². The first-order valence-corrected chi connectivity index (χ1v) is 12.0. The molecule has 4 rings (SSSR count). The van der Waals surface area contributed by atoms with E-state index in [-0.39, 0.29) is 18.6 Å². The Kier molecular flexibility index (Phi) is 7.70. The van der Waals surface area contributed by atoms with Crippen LogP contribution in [0.4, 0.5) is 5.69 Å². The Balaban J connectivity index is 1.37. The highest BCUT2D eigenvalue weighted by atomic mass is 32.1. The highest BCUT2D eigenvalue weighted by Crippen LogP contribution is 2.30. The second-order valence-corrected chi connectivity index (χ2v) is 9.10. The SMILES string of the molecule is CC(NC(=O)C(=O)NCc1cccnc1)C(c1cccs1)N1CCN(c2ccccc2)CC1. The van der Waals surface area contributed by atoms with Gasteiger partial charge < -0.3 is 15.5 Å². The van der Waals surface area contributed by atoms with Crippen LogP contribution >= 0.6 is 11.3 Å². The maximum Gasteiger partial charge on any atom is 0.309 e. The van der Waals surface area contributed by atoms with E-state index >= 15 is 0 Å². The predicted octanol–water partition coefficient (Wildman–Crippen LogP) is 2.83. The molecule has 8 heteroatoms. The zero-order chi connectivity index (χ0) is 23.0. The van der Waals surface area contributed by atoms with Crippen LogP contribution < -0.4 is 15.5 Å². The third kappa shape index (κ3) is 5.97. The molecule has 1 aliphatic heterocycles. The Morgan fingerprint density at radius 2 is 1.79 bits per heavy atom. The molecule has 172 valence electrons. The number of pyridine rings is 1. The lowest BCUT2D eigenvalue weighted by Gasteiger charge is -2.42. The number of piperazine rings is 1. The van der Waals surface area contributed by atoms with E-state index in [2.05, 4.69) is 61.1 Å². The normalized spacial score (nSPS) is 16.1. The molecule has 2 N–H and O–H groups in total. The molecular weight excluding hydrogens is 434 g/mol. The summed E-state index contributed by atoms with van der Waals surface area (Å²) < 4.78 is 0. The van der Waals surface area contributed by atoms with Crippen molar-refractivity contribution in [2.24, 2.45) is 0 Å². The van der Waals surface area contributed by atoms with Crippen molar-refractivity contribution in [3.8, 4) is 0 Å². The molecule has 0 aliphatic carbocycles. The number of thiophene rings is 1. The highest BCUT2D eigenvalue weighted by Gasteiger charge is 2.31. The summed E-state index contributed by atoms with van der Waals surface area (Å²) in [6, 6.07) is 18.0. The van der Waals surface area contributed by atoms with E-state index in [4.69, 9.17) is 0 Å². The van der Waals surface area contributed by atoms with Crippen LogP contribution in [-0.2, 0) is 16.1 Å². The first-order valence-electron chi connectivity index (χ1n) is 11.2. The maximum absolute atomic E-state index is 12.6. The first-order chi connectivity index (χ1) is 16.1. The number of hydrogen-bond donors (Lipinski definition) is 2. The fourth-order valence-electron chi connectivity index (χ4n) is 4.22. The van der Waals surface area contributed by atoms with E-state index in [9.17, 15) is 9.59 Å². The van der Waals surface area contributed by atoms with Gasteiger partial charge in [0.2, 0.25) is 0 Å². The molecule has 33 heavy (non-hydrogen) atoms. The Morgan fingerprint density at radius 3 is 2.45 bits per heavy atom. The minimum Gasteiger partial charge on any atom is -0.369 e. The standard InChI is InChI=1S/C25H29N5O2S/c1-19(28-25(32)24(31)27-18-20-7-5-11-26-17-20)23(22-10-6-16-33-22)30-14-12-29(13-15-30)21-8-3-2-4-9-21/h2-11,16-17,19,23H,12-15,18H2,1H3,(H,27,31)(H,28,32). The molecule has 1 aliphatic rings. The third-order valence-corrected chi connectivity index (χ3v) is 6.82. The molecule has 1 aromatic carbocycles. The van der Waals surface area contributed by atoms with Gasteiger partial charge in [-0.2, -0.15) is 0 Å². The summed E-state index contributed by atoms with van der Waals surface area (Å²) in [4.78, 5) is 35.0. The molecule has 2 aromatic heterocycles. The van der Waals surface area contributed by atoms with Gasteiger partial charge in [-0.15, -0.1) is 11.3 Å². The summed E-state index contributed by atoms with van der Waals surface area (Å²) in [6.07, 6.45) is 3.34. The van der Waals surface area contributed by atoms with Gasteiger partial charge in [0.1, 0.15) is 0 Å². The molecule has 2 atom stereocenters. The second kappa shape index (κ2) is 11.1. The van der Waals surface area contributed by atoms with E-state index in [1.807, 2.05) is 25.1 Å². The lowest BCUT2D eigenvalue weighted by atomic mass is 10.0. The minimum absolute atomic E-state index is 0.0120. The molecular formula is C25H29N5O2S. The van der Waals surface area contributed by atoms with Crippen molar-refractivity contribution in [1.29, 1.82) is 0 Å². The molecule has 7 nitrogen and oxygen atoms in total. The Bertz CT molecular complexity index is 1020. The molecule has 1 fully saturated rings. The molecule has 3 heterocycles. The van der Waals surface area contributed by atoms with Crippen molar-refractivity contribution in [2.75, 3.05) is 31.1 Å². The molecule has 0 saturated carbocycles. The van der Waals surface area contributed by atoms with Crippen molar-refractivity contribution >= 4 is 28.8 Å². The smallest absolute Gasteiger partial charge is 0.309 e. The van der Waals surface area contributed by atoms with Gasteiger partial charge in [0.05, 0.1) is 6.04 Å². The van der Waals surface area contributed by atoms with Gasteiger partial charge >= 0.3 is 11.8 Å². The quantitative estimate of drug-likeness (QED) is 0.527. The van der Waals surface area contributed by atoms with Gasteiger partial charge in [-0.3, -0.25) is 19.5 Å². The van der Waals surface area contributed by atoms with E-state index in [1.54, 1.807) is 29.8 Å². The third-order valence-electron chi connectivity index (χ3n) is 5.88. The summed E-state index contributed by atoms with van der Waals surface area (Å²) in [7, 11) is 0. The van der Waals surface area contributed by atoms with Crippen LogP contribution in [0.25, 0.3) is 0 Å². The molecule has 1 saturated heterocycles. The number of nitrogens with one attached hydrogen (secondary N) is 2. The summed E-state index contributed by atoms with van der Waals surface area (Å²) in [5.74, 6) is -1.25. The van der Waals surface area contributed by atoms with Gasteiger partial charge in [-0.25, -0.2) is 0 Å². The van der Waals surface area contributed by atoms with Crippen LogP contribution in [0.5, 0.6) is 0 Å². The van der Waals surface area contributed by atoms with E-state index in [0.717, 1.165) is 31.7 Å².